The number of aliphatic hydroxyl groups is 3. The maximum Gasteiger partial charge on any atom is 0.133 e. The number of aliphatic imine (C=N–C) groups is 1. The smallest absolute Gasteiger partial charge is 0.133 e. The van der Waals surface area contributed by atoms with Gasteiger partial charge in [-0.1, -0.05) is 24.3 Å². The quantitative estimate of drug-likeness (QED) is 0.681. The molecule has 6 nitrogen and oxygen atoms in total. The third-order valence-corrected chi connectivity index (χ3v) is 7.19. The minimum absolute atomic E-state index is 0.161. The fourth-order valence-electron chi connectivity index (χ4n) is 5.28. The van der Waals surface area contributed by atoms with Crippen molar-refractivity contribution in [1.82, 2.24) is 4.90 Å². The lowest BCUT2D eigenvalue weighted by Crippen LogP contribution is -2.51. The number of rotatable bonds is 4. The van der Waals surface area contributed by atoms with Crippen LogP contribution in [0.2, 0.25) is 0 Å². The van der Waals surface area contributed by atoms with Gasteiger partial charge in [0.05, 0.1) is 11.7 Å². The zero-order valence-electron chi connectivity index (χ0n) is 19.0. The van der Waals surface area contributed by atoms with Crippen LogP contribution in [0.3, 0.4) is 0 Å². The zero-order valence-corrected chi connectivity index (χ0v) is 19.0. The average molecular weight is 437 g/mol. The van der Waals surface area contributed by atoms with E-state index in [-0.39, 0.29) is 6.04 Å². The number of likely N-dealkylation sites (tertiary alicyclic amines) is 1. The Balaban J connectivity index is 1.27. The van der Waals surface area contributed by atoms with E-state index in [1.54, 1.807) is 13.8 Å². The van der Waals surface area contributed by atoms with Crippen LogP contribution in [-0.2, 0) is 5.60 Å². The summed E-state index contributed by atoms with van der Waals surface area (Å²) >= 11 is 0. The van der Waals surface area contributed by atoms with Crippen molar-refractivity contribution in [2.75, 3.05) is 13.1 Å². The van der Waals surface area contributed by atoms with Gasteiger partial charge in [0, 0.05) is 44.1 Å². The van der Waals surface area contributed by atoms with Gasteiger partial charge in [0.25, 0.3) is 0 Å². The van der Waals surface area contributed by atoms with Crippen molar-refractivity contribution < 1.29 is 20.1 Å². The van der Waals surface area contributed by atoms with E-state index in [0.717, 1.165) is 46.4 Å². The number of hydrogen-bond acceptors (Lipinski definition) is 6. The molecule has 3 N–H and O–H groups in total. The van der Waals surface area contributed by atoms with Crippen LogP contribution in [0.25, 0.3) is 0 Å². The van der Waals surface area contributed by atoms with Gasteiger partial charge in [-0.05, 0) is 55.2 Å². The van der Waals surface area contributed by atoms with Crippen LogP contribution in [0.1, 0.15) is 79.3 Å². The molecule has 0 radical (unpaired) electrons. The topological polar surface area (TPSA) is 85.5 Å². The number of ether oxygens (including phenoxy) is 1. The number of benzene rings is 2. The first-order valence-electron chi connectivity index (χ1n) is 11.4. The van der Waals surface area contributed by atoms with Gasteiger partial charge in [-0.3, -0.25) is 9.89 Å². The third kappa shape index (κ3) is 3.97. The molecule has 1 spiro atoms. The molecule has 0 bridgehead atoms. The lowest BCUT2D eigenvalue weighted by molar-refractivity contribution is -0.0896. The second kappa shape index (κ2) is 7.66. The largest absolute Gasteiger partial charge is 0.487 e. The first-order valence-corrected chi connectivity index (χ1v) is 11.4. The molecule has 170 valence electrons. The zero-order chi connectivity index (χ0) is 22.7. The number of fused-ring (bicyclic) bond motifs is 1. The molecule has 0 amide bonds. The summed E-state index contributed by atoms with van der Waals surface area (Å²) < 4.78 is 6.46. The Hall–Kier alpha value is -2.25. The number of nitrogens with zero attached hydrogens (tertiary/aromatic N) is 2. The number of hydrogen-bond donors (Lipinski definition) is 3. The Morgan fingerprint density at radius 3 is 2.50 bits per heavy atom. The van der Waals surface area contributed by atoms with Gasteiger partial charge in [-0.15, -0.1) is 0 Å². The predicted octanol–water partition coefficient (Wildman–Crippen LogP) is 3.69. The molecule has 3 aliphatic rings. The molecular formula is C26H32N2O4. The molecule has 3 heterocycles. The summed E-state index contributed by atoms with van der Waals surface area (Å²) in [5.41, 5.74) is 3.31. The fourth-order valence-corrected chi connectivity index (χ4v) is 5.28. The SMILES string of the molecule is Cc1cc(C(O)N2CCC3(CC2)CC(O)c2cc(C4C=N4)ccc2O3)ccc1C(C)(C)O. The Morgan fingerprint density at radius 2 is 1.88 bits per heavy atom. The van der Waals surface area contributed by atoms with Gasteiger partial charge in [0.15, 0.2) is 0 Å². The molecule has 1 saturated heterocycles. The minimum atomic E-state index is -0.910. The Morgan fingerprint density at radius 1 is 1.16 bits per heavy atom. The van der Waals surface area contributed by atoms with E-state index in [9.17, 15) is 15.3 Å². The van der Waals surface area contributed by atoms with E-state index in [4.69, 9.17) is 4.74 Å². The maximum absolute atomic E-state index is 11.0. The molecule has 3 aliphatic heterocycles. The van der Waals surface area contributed by atoms with E-state index in [2.05, 4.69) is 9.89 Å². The highest BCUT2D eigenvalue weighted by Gasteiger charge is 2.44. The summed E-state index contributed by atoms with van der Waals surface area (Å²) in [5, 5.41) is 32.2. The van der Waals surface area contributed by atoms with E-state index >= 15 is 0 Å². The summed E-state index contributed by atoms with van der Waals surface area (Å²) in [6.07, 6.45) is 2.71. The molecule has 32 heavy (non-hydrogen) atoms. The Labute approximate surface area is 189 Å². The molecule has 3 atom stereocenters. The van der Waals surface area contributed by atoms with Crippen LogP contribution in [-0.4, -0.2) is 45.1 Å². The highest BCUT2D eigenvalue weighted by atomic mass is 16.5. The van der Waals surface area contributed by atoms with Crippen molar-refractivity contribution in [2.45, 2.75) is 69.6 Å². The van der Waals surface area contributed by atoms with Crippen LogP contribution in [0.15, 0.2) is 41.4 Å². The van der Waals surface area contributed by atoms with Crippen LogP contribution >= 0.6 is 0 Å². The summed E-state index contributed by atoms with van der Waals surface area (Å²) in [6.45, 7) is 6.87. The summed E-state index contributed by atoms with van der Waals surface area (Å²) in [6, 6.07) is 11.9. The molecule has 0 aromatic heterocycles. The fraction of sp³-hybridized carbons (Fsp3) is 0.500. The van der Waals surface area contributed by atoms with Gasteiger partial charge in [-0.25, -0.2) is 0 Å². The summed E-state index contributed by atoms with van der Waals surface area (Å²) in [7, 11) is 0. The average Bonchev–Trinajstić information content (AvgIpc) is 3.58. The van der Waals surface area contributed by atoms with Gasteiger partial charge in [0.2, 0.25) is 0 Å². The van der Waals surface area contributed by atoms with Gasteiger partial charge < -0.3 is 20.1 Å². The normalized spacial score (nSPS) is 25.3. The Kier molecular flexibility index (Phi) is 5.17. The van der Waals surface area contributed by atoms with E-state index in [0.29, 0.717) is 19.5 Å². The van der Waals surface area contributed by atoms with Crippen molar-refractivity contribution in [3.8, 4) is 5.75 Å². The standard InChI is InChI=1S/C26H32N2O4/c1-16-12-18(4-6-20(16)25(2,3)31)24(30)28-10-8-26(9-11-28)14-22(29)19-13-17(21-15-27-21)5-7-23(19)32-26/h4-7,12-13,15,21-22,24,29-31H,8-11,14H2,1-3H3. The van der Waals surface area contributed by atoms with Crippen molar-refractivity contribution in [1.29, 1.82) is 0 Å². The molecule has 1 fully saturated rings. The minimum Gasteiger partial charge on any atom is -0.487 e. The van der Waals surface area contributed by atoms with Crippen LogP contribution < -0.4 is 4.74 Å². The van der Waals surface area contributed by atoms with E-state index in [1.165, 1.54) is 0 Å². The molecular weight excluding hydrogens is 404 g/mol. The van der Waals surface area contributed by atoms with E-state index in [1.807, 2.05) is 49.5 Å². The second-order valence-electron chi connectivity index (χ2n) is 10.1. The lowest BCUT2D eigenvalue weighted by atomic mass is 9.81. The van der Waals surface area contributed by atoms with Crippen LogP contribution in [0.5, 0.6) is 5.75 Å². The lowest BCUT2D eigenvalue weighted by Gasteiger charge is -2.47. The van der Waals surface area contributed by atoms with E-state index < -0.39 is 23.5 Å². The predicted molar refractivity (Wildman–Crippen MR) is 123 cm³/mol. The van der Waals surface area contributed by atoms with Gasteiger partial charge in [0.1, 0.15) is 23.6 Å². The molecule has 2 aromatic rings. The molecule has 2 aromatic carbocycles. The van der Waals surface area contributed by atoms with Crippen molar-refractivity contribution in [3.05, 3.63) is 64.2 Å². The first kappa shape index (κ1) is 21.6. The van der Waals surface area contributed by atoms with Crippen molar-refractivity contribution >= 4 is 6.21 Å². The molecule has 3 unspecified atom stereocenters. The highest BCUT2D eigenvalue weighted by molar-refractivity contribution is 5.80. The first-order chi connectivity index (χ1) is 15.2. The van der Waals surface area contributed by atoms with Crippen LogP contribution in [0, 0.1) is 6.92 Å². The van der Waals surface area contributed by atoms with Gasteiger partial charge in [-0.2, -0.15) is 0 Å². The second-order valence-corrected chi connectivity index (χ2v) is 10.1. The third-order valence-electron chi connectivity index (χ3n) is 7.19. The van der Waals surface area contributed by atoms with Crippen molar-refractivity contribution in [3.63, 3.8) is 0 Å². The molecule has 0 aliphatic carbocycles. The number of aliphatic hydroxyl groups excluding tert-OH is 2. The molecule has 0 saturated carbocycles. The monoisotopic (exact) mass is 436 g/mol. The Bertz CT molecular complexity index is 1040. The molecule has 5 rings (SSSR count). The van der Waals surface area contributed by atoms with Crippen LogP contribution in [0.4, 0.5) is 0 Å². The maximum atomic E-state index is 11.0. The summed E-state index contributed by atoms with van der Waals surface area (Å²) in [4.78, 5) is 6.27. The number of aryl methyl sites for hydroxylation is 1. The summed E-state index contributed by atoms with van der Waals surface area (Å²) in [5.74, 6) is 0.764. The molecule has 6 heteroatoms. The van der Waals surface area contributed by atoms with Crippen molar-refractivity contribution in [2.24, 2.45) is 4.99 Å². The van der Waals surface area contributed by atoms with Gasteiger partial charge >= 0.3 is 0 Å². The number of piperidine rings is 1. The highest BCUT2D eigenvalue weighted by Crippen LogP contribution is 2.46.